The van der Waals surface area contributed by atoms with E-state index in [9.17, 15) is 71.5 Å². The molecule has 4 aliphatic carbocycles. The molecule has 22 heteroatoms. The fraction of sp³-hybridized carbons (Fsp3) is 0.962. The summed E-state index contributed by atoms with van der Waals surface area (Å²) >= 11 is 0. The first kappa shape index (κ1) is 60.0. The number of fused-ring (bicyclic) bond motifs is 5. The van der Waals surface area contributed by atoms with Crippen LogP contribution in [-0.4, -0.2) is 233 Å². The van der Waals surface area contributed by atoms with Gasteiger partial charge in [-0.1, -0.05) is 67.5 Å². The van der Waals surface area contributed by atoms with Crippen molar-refractivity contribution in [2.75, 3.05) is 26.4 Å². The van der Waals surface area contributed by atoms with Gasteiger partial charge in [0.2, 0.25) is 0 Å². The van der Waals surface area contributed by atoms with Crippen LogP contribution in [0.3, 0.4) is 0 Å². The molecule has 0 spiro atoms. The topological polar surface area (TPSA) is 357 Å². The van der Waals surface area contributed by atoms with Gasteiger partial charge in [-0.2, -0.15) is 0 Å². The fourth-order valence-electron chi connectivity index (χ4n) is 15.6. The first-order chi connectivity index (χ1) is 35.0. The number of hydrogen-bond donors (Lipinski definition) is 14. The highest BCUT2D eigenvalue weighted by Crippen LogP contribution is 2.75. The number of allylic oxidation sites excluding steroid dienone is 1. The summed E-state index contributed by atoms with van der Waals surface area (Å²) in [5.74, 6) is -0.361. The number of rotatable bonds is 14. The van der Waals surface area contributed by atoms with Crippen molar-refractivity contribution in [2.24, 2.45) is 50.7 Å². The van der Waals surface area contributed by atoms with Crippen LogP contribution >= 0.6 is 0 Å². The normalized spacial score (nSPS) is 52.7. The van der Waals surface area contributed by atoms with E-state index in [1.807, 2.05) is 6.08 Å². The van der Waals surface area contributed by atoms with Crippen molar-refractivity contribution in [1.82, 2.24) is 0 Å². The smallest absolute Gasteiger partial charge is 0.187 e. The summed E-state index contributed by atoms with van der Waals surface area (Å²) in [5, 5.41) is 151. The van der Waals surface area contributed by atoms with Gasteiger partial charge in [-0.3, -0.25) is 0 Å². The quantitative estimate of drug-likeness (QED) is 0.0680. The van der Waals surface area contributed by atoms with Gasteiger partial charge in [0.15, 0.2) is 25.2 Å². The minimum atomic E-state index is -1.81. The Kier molecular flexibility index (Phi) is 18.1. The van der Waals surface area contributed by atoms with E-state index in [1.165, 1.54) is 0 Å². The summed E-state index contributed by atoms with van der Waals surface area (Å²) in [4.78, 5) is 0. The summed E-state index contributed by atoms with van der Waals surface area (Å²) in [6.45, 7) is 15.4. The predicted octanol–water partition coefficient (Wildman–Crippen LogP) is -1.71. The zero-order valence-corrected chi connectivity index (χ0v) is 44.7. The van der Waals surface area contributed by atoms with Crippen molar-refractivity contribution in [3.8, 4) is 0 Å². The van der Waals surface area contributed by atoms with Gasteiger partial charge < -0.3 is 109 Å². The van der Waals surface area contributed by atoms with Crippen molar-refractivity contribution in [1.29, 1.82) is 0 Å². The van der Waals surface area contributed by atoms with Crippen LogP contribution in [0.15, 0.2) is 12.2 Å². The van der Waals surface area contributed by atoms with Gasteiger partial charge in [-0.25, -0.2) is 0 Å². The molecule has 0 aromatic rings. The van der Waals surface area contributed by atoms with Crippen LogP contribution in [0.4, 0.5) is 0 Å². The molecule has 29 atom stereocenters. The molecule has 4 aliphatic heterocycles. The van der Waals surface area contributed by atoms with Crippen molar-refractivity contribution in [2.45, 2.75) is 242 Å². The third-order valence-electron chi connectivity index (χ3n) is 20.0. The first-order valence-electron chi connectivity index (χ1n) is 27.3. The second kappa shape index (κ2) is 22.7. The standard InChI is InChI=1S/C53H90O22/c1-49(2,3)14-9-10-26(70-46-42(66)39(63)37(61)29(73-46)22-69-45-41(65)34(58)25(57)21-68-45)23-11-16-53(8)33(23)24(56)18-31-51(6)15-13-32(50(4,5)30(51)12-17-52(31,53)7)74-48-44(40(64)36(60)28(20-55)72-48)75-47-43(67)38(62)35(59)27(19-54)71-47/h9,14,23-48,54-67H,10-13,15-22H2,1-8H3/b14-9+/t23-,24-,25+,26+,27-,28-,29+,30+,31-,32+,33+,34-,35-,36-,37+,38+,39-,40+,41+,42+,43-,44-,45?,46+,47-,48+,51+,52-,53-/m1/s1. The minimum absolute atomic E-state index is 0.0517. The Labute approximate surface area is 439 Å². The third kappa shape index (κ3) is 10.9. The number of ether oxygens (including phenoxy) is 8. The SMILES string of the molecule is CC(C)(C)/C=C/C[C@H](O[C@H]1O[C@@H](COC2OC[C@H](O)[C@@H](O)[C@@H]2O)[C@H](O)[C@@H](O)[C@@H]1O)[C@H]1CC[C@]2(C)[C@@H]1[C@H](O)C[C@@H]1[C@@]3(C)CC[C@H](O[C@@H]4O[C@H](CO)[C@@H](O)[C@H](O)[C@H]4O[C@H]4O[C@H](CO)[C@@H](O)[C@H](O)[C@H]4O)C(C)(C)[C@@H]3CC[C@]12C. The number of hydrogen-bond acceptors (Lipinski definition) is 22. The highest BCUT2D eigenvalue weighted by Gasteiger charge is 2.71. The van der Waals surface area contributed by atoms with Gasteiger partial charge in [0.05, 0.1) is 44.7 Å². The maximum absolute atomic E-state index is 12.7. The summed E-state index contributed by atoms with van der Waals surface area (Å²) in [6, 6.07) is 0. The van der Waals surface area contributed by atoms with E-state index >= 15 is 0 Å². The van der Waals surface area contributed by atoms with Gasteiger partial charge in [0, 0.05) is 0 Å². The second-order valence-corrected chi connectivity index (χ2v) is 25.8. The average Bonchev–Trinajstić information content (AvgIpc) is 3.73. The van der Waals surface area contributed by atoms with Crippen LogP contribution in [0.5, 0.6) is 0 Å². The lowest BCUT2D eigenvalue weighted by molar-refractivity contribution is -0.378. The molecule has 14 N–H and O–H groups in total. The van der Waals surface area contributed by atoms with Gasteiger partial charge in [0.1, 0.15) is 91.6 Å². The fourth-order valence-corrected chi connectivity index (χ4v) is 15.6. The van der Waals surface area contributed by atoms with E-state index in [0.29, 0.717) is 32.1 Å². The molecule has 8 rings (SSSR count). The third-order valence-corrected chi connectivity index (χ3v) is 20.0. The van der Waals surface area contributed by atoms with Crippen LogP contribution in [0.2, 0.25) is 0 Å². The largest absolute Gasteiger partial charge is 0.394 e. The molecule has 0 aromatic heterocycles. The van der Waals surface area contributed by atoms with Crippen LogP contribution < -0.4 is 0 Å². The van der Waals surface area contributed by atoms with Gasteiger partial charge in [0.25, 0.3) is 0 Å². The summed E-state index contributed by atoms with van der Waals surface area (Å²) in [5.41, 5.74) is -1.70. The van der Waals surface area contributed by atoms with Crippen LogP contribution in [0.1, 0.15) is 107 Å². The molecule has 4 heterocycles. The molecule has 0 amide bonds. The molecule has 0 aromatic carbocycles. The van der Waals surface area contributed by atoms with Crippen molar-refractivity contribution in [3.63, 3.8) is 0 Å². The average molecular weight is 1080 g/mol. The Morgan fingerprint density at radius 1 is 0.573 bits per heavy atom. The Morgan fingerprint density at radius 2 is 1.15 bits per heavy atom. The lowest BCUT2D eigenvalue weighted by Gasteiger charge is -2.70. The molecule has 8 aliphatic rings. The van der Waals surface area contributed by atoms with Gasteiger partial charge >= 0.3 is 0 Å². The lowest BCUT2D eigenvalue weighted by atomic mass is 9.35. The van der Waals surface area contributed by atoms with Crippen LogP contribution in [0.25, 0.3) is 0 Å². The van der Waals surface area contributed by atoms with Gasteiger partial charge in [-0.05, 0) is 102 Å². The molecular weight excluding hydrogens is 989 g/mol. The number of aliphatic hydroxyl groups excluding tert-OH is 14. The minimum Gasteiger partial charge on any atom is -0.394 e. The predicted molar refractivity (Wildman–Crippen MR) is 260 cm³/mol. The highest BCUT2D eigenvalue weighted by molar-refractivity contribution is 5.20. The molecule has 434 valence electrons. The summed E-state index contributed by atoms with van der Waals surface area (Å²) in [6.07, 6.45) is -21.9. The van der Waals surface area contributed by atoms with E-state index in [4.69, 9.17) is 37.9 Å². The maximum Gasteiger partial charge on any atom is 0.187 e. The molecule has 1 unspecified atom stereocenters. The first-order valence-corrected chi connectivity index (χ1v) is 27.3. The molecule has 8 fully saturated rings. The highest BCUT2D eigenvalue weighted by atomic mass is 16.8. The maximum atomic E-state index is 12.7. The van der Waals surface area contributed by atoms with Crippen molar-refractivity contribution in [3.05, 3.63) is 12.2 Å². The molecule has 0 bridgehead atoms. The van der Waals surface area contributed by atoms with E-state index in [-0.39, 0.29) is 51.9 Å². The van der Waals surface area contributed by atoms with Crippen LogP contribution in [-0.2, 0) is 37.9 Å². The molecule has 4 saturated carbocycles. The van der Waals surface area contributed by atoms with E-state index < -0.39 is 160 Å². The van der Waals surface area contributed by atoms with Crippen molar-refractivity contribution >= 4 is 0 Å². The zero-order chi connectivity index (χ0) is 55.1. The summed E-state index contributed by atoms with van der Waals surface area (Å²) < 4.78 is 48.5. The van der Waals surface area contributed by atoms with E-state index in [0.717, 1.165) is 19.3 Å². The van der Waals surface area contributed by atoms with E-state index in [1.54, 1.807) is 0 Å². The van der Waals surface area contributed by atoms with Gasteiger partial charge in [-0.15, -0.1) is 0 Å². The Hall–Kier alpha value is -1.14. The second-order valence-electron chi connectivity index (χ2n) is 25.8. The molecular formula is C53H90O22. The van der Waals surface area contributed by atoms with Crippen LogP contribution in [0, 0.1) is 50.7 Å². The van der Waals surface area contributed by atoms with Crippen molar-refractivity contribution < 1.29 is 109 Å². The Morgan fingerprint density at radius 3 is 1.79 bits per heavy atom. The Balaban J connectivity index is 1.00. The molecule has 4 saturated heterocycles. The van der Waals surface area contributed by atoms with E-state index in [2.05, 4.69) is 61.5 Å². The molecule has 22 nitrogen and oxygen atoms in total. The number of aliphatic hydroxyl groups is 14. The molecule has 75 heavy (non-hydrogen) atoms. The summed E-state index contributed by atoms with van der Waals surface area (Å²) in [7, 11) is 0. The molecule has 0 radical (unpaired) electrons. The monoisotopic (exact) mass is 1080 g/mol. The zero-order valence-electron chi connectivity index (χ0n) is 44.7. The Bertz CT molecular complexity index is 1920. The lowest BCUT2D eigenvalue weighted by Crippen LogP contribution is -2.67.